The molecule has 1 fully saturated rings. The number of hydrogen-bond donors (Lipinski definition) is 0. The molecule has 1 heterocycles. The Kier molecular flexibility index (Phi) is 4.67. The Labute approximate surface area is 153 Å². The van der Waals surface area contributed by atoms with Crippen LogP contribution in [0.4, 0.5) is 4.39 Å². The molecule has 0 atom stereocenters. The molecule has 0 bridgehead atoms. The Morgan fingerprint density at radius 3 is 2.27 bits per heavy atom. The molecular formula is C20H22BFO4. The van der Waals surface area contributed by atoms with Crippen molar-refractivity contribution in [3.63, 3.8) is 0 Å². The van der Waals surface area contributed by atoms with Crippen LogP contribution in [0.25, 0.3) is 11.1 Å². The zero-order valence-electron chi connectivity index (χ0n) is 15.6. The molecule has 0 aromatic heterocycles. The highest BCUT2D eigenvalue weighted by atomic mass is 19.1. The number of methoxy groups -OCH3 is 1. The lowest BCUT2D eigenvalue weighted by molar-refractivity contribution is 0.00578. The third-order valence-electron chi connectivity index (χ3n) is 5.06. The van der Waals surface area contributed by atoms with Crippen molar-refractivity contribution >= 4 is 18.6 Å². The summed E-state index contributed by atoms with van der Waals surface area (Å²) in [6.07, 6.45) is 0. The lowest BCUT2D eigenvalue weighted by atomic mass is 9.77. The summed E-state index contributed by atoms with van der Waals surface area (Å²) in [5.41, 5.74) is 1.35. The van der Waals surface area contributed by atoms with E-state index in [9.17, 15) is 9.18 Å². The molecule has 2 aromatic rings. The fourth-order valence-electron chi connectivity index (χ4n) is 2.84. The van der Waals surface area contributed by atoms with E-state index in [2.05, 4.69) is 0 Å². The number of hydrogen-bond acceptors (Lipinski definition) is 4. The van der Waals surface area contributed by atoms with E-state index >= 15 is 0 Å². The Morgan fingerprint density at radius 2 is 1.65 bits per heavy atom. The lowest BCUT2D eigenvalue weighted by Crippen LogP contribution is -2.41. The van der Waals surface area contributed by atoms with Crippen LogP contribution in [0.15, 0.2) is 42.5 Å². The van der Waals surface area contributed by atoms with E-state index in [0.717, 1.165) is 0 Å². The minimum atomic E-state index is -0.654. The summed E-state index contributed by atoms with van der Waals surface area (Å²) in [5, 5.41) is 0. The van der Waals surface area contributed by atoms with Crippen LogP contribution >= 0.6 is 0 Å². The summed E-state index contributed by atoms with van der Waals surface area (Å²) in [4.78, 5) is 11.7. The zero-order chi connectivity index (χ0) is 19.1. The molecular weight excluding hydrogens is 334 g/mol. The first-order chi connectivity index (χ1) is 12.1. The van der Waals surface area contributed by atoms with Crippen LogP contribution in [-0.4, -0.2) is 31.4 Å². The fraction of sp³-hybridized carbons (Fsp3) is 0.350. The van der Waals surface area contributed by atoms with Crippen molar-refractivity contribution in [3.05, 3.63) is 53.8 Å². The van der Waals surface area contributed by atoms with Crippen LogP contribution in [0.5, 0.6) is 0 Å². The monoisotopic (exact) mass is 356 g/mol. The molecule has 0 aliphatic carbocycles. The summed E-state index contributed by atoms with van der Waals surface area (Å²) in [6.45, 7) is 7.81. The van der Waals surface area contributed by atoms with Gasteiger partial charge >= 0.3 is 13.1 Å². The van der Waals surface area contributed by atoms with Crippen LogP contribution in [0.2, 0.25) is 0 Å². The largest absolute Gasteiger partial charge is 0.494 e. The number of ether oxygens (including phenoxy) is 1. The van der Waals surface area contributed by atoms with E-state index in [0.29, 0.717) is 22.2 Å². The number of carbonyl (C=O) groups excluding carboxylic acids is 1. The standard InChI is InChI=1S/C20H22BFO4/c1-19(2)20(3,4)26-21(25-19)16-10-15(11-17(22)12-16)13-7-6-8-14(9-13)18(23)24-5/h6-12H,1-5H3. The number of benzene rings is 2. The molecule has 0 N–H and O–H groups in total. The highest BCUT2D eigenvalue weighted by Crippen LogP contribution is 2.36. The summed E-state index contributed by atoms with van der Waals surface area (Å²) < 4.78 is 31.0. The lowest BCUT2D eigenvalue weighted by Gasteiger charge is -2.32. The number of rotatable bonds is 3. The van der Waals surface area contributed by atoms with Gasteiger partial charge in [-0.05, 0) is 68.6 Å². The van der Waals surface area contributed by atoms with E-state index in [4.69, 9.17) is 14.0 Å². The Balaban J connectivity index is 1.98. The molecule has 26 heavy (non-hydrogen) atoms. The average Bonchev–Trinajstić information content (AvgIpc) is 2.81. The van der Waals surface area contributed by atoms with Crippen LogP contribution < -0.4 is 5.46 Å². The van der Waals surface area contributed by atoms with E-state index in [1.807, 2.05) is 39.8 Å². The minimum Gasteiger partial charge on any atom is -0.465 e. The van der Waals surface area contributed by atoms with Crippen molar-refractivity contribution in [1.82, 2.24) is 0 Å². The second-order valence-corrected chi connectivity index (χ2v) is 7.43. The topological polar surface area (TPSA) is 44.8 Å². The molecule has 2 aromatic carbocycles. The van der Waals surface area contributed by atoms with Gasteiger partial charge in [0.1, 0.15) is 5.82 Å². The van der Waals surface area contributed by atoms with Crippen LogP contribution in [0, 0.1) is 5.82 Å². The van der Waals surface area contributed by atoms with Gasteiger partial charge < -0.3 is 14.0 Å². The maximum atomic E-state index is 14.3. The van der Waals surface area contributed by atoms with Gasteiger partial charge in [0.2, 0.25) is 0 Å². The van der Waals surface area contributed by atoms with Crippen molar-refractivity contribution < 1.29 is 23.2 Å². The molecule has 0 unspecified atom stereocenters. The third-order valence-corrected chi connectivity index (χ3v) is 5.06. The molecule has 0 saturated carbocycles. The van der Waals surface area contributed by atoms with Gasteiger partial charge in [0.25, 0.3) is 0 Å². The van der Waals surface area contributed by atoms with Gasteiger partial charge in [0.05, 0.1) is 23.9 Å². The SMILES string of the molecule is COC(=O)c1cccc(-c2cc(F)cc(B3OC(C)(C)C(C)(C)O3)c2)c1. The van der Waals surface area contributed by atoms with E-state index in [1.165, 1.54) is 19.2 Å². The van der Waals surface area contributed by atoms with Gasteiger partial charge in [-0.25, -0.2) is 9.18 Å². The van der Waals surface area contributed by atoms with Crippen LogP contribution in [0.3, 0.4) is 0 Å². The summed E-state index contributed by atoms with van der Waals surface area (Å²) in [7, 11) is 0.673. The Bertz CT molecular complexity index is 831. The molecule has 1 aliphatic rings. The third kappa shape index (κ3) is 3.39. The van der Waals surface area contributed by atoms with Crippen molar-refractivity contribution in [3.8, 4) is 11.1 Å². The molecule has 0 amide bonds. The zero-order valence-corrected chi connectivity index (χ0v) is 15.6. The van der Waals surface area contributed by atoms with Crippen LogP contribution in [0.1, 0.15) is 38.1 Å². The highest BCUT2D eigenvalue weighted by molar-refractivity contribution is 6.62. The molecule has 6 heteroatoms. The number of halogens is 1. The quantitative estimate of drug-likeness (QED) is 0.623. The normalized spacial score (nSPS) is 18.0. The molecule has 1 aliphatic heterocycles. The summed E-state index contributed by atoms with van der Waals surface area (Å²) in [5.74, 6) is -0.829. The van der Waals surface area contributed by atoms with E-state index < -0.39 is 30.1 Å². The van der Waals surface area contributed by atoms with Gasteiger partial charge in [-0.3, -0.25) is 0 Å². The number of esters is 1. The maximum absolute atomic E-state index is 14.3. The van der Waals surface area contributed by atoms with Gasteiger partial charge in [-0.2, -0.15) is 0 Å². The van der Waals surface area contributed by atoms with Gasteiger partial charge in [0.15, 0.2) is 0 Å². The molecule has 0 spiro atoms. The van der Waals surface area contributed by atoms with Crippen molar-refractivity contribution in [2.45, 2.75) is 38.9 Å². The second kappa shape index (κ2) is 6.52. The highest BCUT2D eigenvalue weighted by Gasteiger charge is 2.51. The van der Waals surface area contributed by atoms with Crippen molar-refractivity contribution in [2.24, 2.45) is 0 Å². The van der Waals surface area contributed by atoms with Gasteiger partial charge in [-0.1, -0.05) is 18.2 Å². The van der Waals surface area contributed by atoms with E-state index in [-0.39, 0.29) is 0 Å². The molecule has 1 saturated heterocycles. The number of carbonyl (C=O) groups is 1. The van der Waals surface area contributed by atoms with E-state index in [1.54, 1.807) is 18.2 Å². The Morgan fingerprint density at radius 1 is 1.00 bits per heavy atom. The second-order valence-electron chi connectivity index (χ2n) is 7.43. The van der Waals surface area contributed by atoms with Crippen molar-refractivity contribution in [2.75, 3.05) is 7.11 Å². The van der Waals surface area contributed by atoms with Crippen LogP contribution in [-0.2, 0) is 14.0 Å². The summed E-state index contributed by atoms with van der Waals surface area (Å²) >= 11 is 0. The Hall–Kier alpha value is -2.18. The smallest absolute Gasteiger partial charge is 0.465 e. The van der Waals surface area contributed by atoms with Gasteiger partial charge in [0, 0.05) is 0 Å². The first-order valence-corrected chi connectivity index (χ1v) is 8.48. The van der Waals surface area contributed by atoms with Gasteiger partial charge in [-0.15, -0.1) is 0 Å². The molecule has 0 radical (unpaired) electrons. The molecule has 136 valence electrons. The predicted octanol–water partition coefficient (Wildman–Crippen LogP) is 3.58. The predicted molar refractivity (Wildman–Crippen MR) is 98.9 cm³/mol. The average molecular weight is 356 g/mol. The fourth-order valence-corrected chi connectivity index (χ4v) is 2.84. The molecule has 3 rings (SSSR count). The first kappa shape index (κ1) is 18.6. The molecule has 4 nitrogen and oxygen atoms in total. The maximum Gasteiger partial charge on any atom is 0.494 e. The first-order valence-electron chi connectivity index (χ1n) is 8.48. The van der Waals surface area contributed by atoms with Crippen molar-refractivity contribution in [1.29, 1.82) is 0 Å². The summed E-state index contributed by atoms with van der Waals surface area (Å²) in [6, 6.07) is 11.5. The minimum absolute atomic E-state index is 0.393.